The van der Waals surface area contributed by atoms with Crippen molar-refractivity contribution in [2.75, 3.05) is 5.32 Å². The first-order chi connectivity index (χ1) is 12.0. The van der Waals surface area contributed by atoms with Crippen molar-refractivity contribution in [3.8, 4) is 11.3 Å². The second-order valence-electron chi connectivity index (χ2n) is 5.66. The van der Waals surface area contributed by atoms with Crippen LogP contribution in [0.15, 0.2) is 65.7 Å². The van der Waals surface area contributed by atoms with Crippen molar-refractivity contribution < 1.29 is 9.18 Å². The maximum Gasteiger partial charge on any atom is 0.254 e. The number of rotatable bonds is 4. The molecular weight excluding hydrogens is 321 g/mol. The highest BCUT2D eigenvalue weighted by Crippen LogP contribution is 2.15. The Morgan fingerprint density at radius 1 is 1.16 bits per heavy atom. The monoisotopic (exact) mass is 337 g/mol. The molecule has 3 aromatic rings. The molecular formula is C19H16FN3O2. The number of anilines is 1. The molecule has 5 nitrogen and oxygen atoms in total. The average Bonchev–Trinajstić information content (AvgIpc) is 2.57. The minimum Gasteiger partial charge on any atom is -0.325 e. The number of amides is 1. The van der Waals surface area contributed by atoms with Crippen LogP contribution in [-0.2, 0) is 11.3 Å². The lowest BCUT2D eigenvalue weighted by Crippen LogP contribution is -2.27. The quantitative estimate of drug-likeness (QED) is 0.796. The highest BCUT2D eigenvalue weighted by atomic mass is 19.1. The van der Waals surface area contributed by atoms with Gasteiger partial charge in [-0.3, -0.25) is 14.2 Å². The Labute approximate surface area is 143 Å². The van der Waals surface area contributed by atoms with Gasteiger partial charge in [-0.05, 0) is 48.9 Å². The van der Waals surface area contributed by atoms with Crippen molar-refractivity contribution in [2.24, 2.45) is 0 Å². The Morgan fingerprint density at radius 3 is 2.60 bits per heavy atom. The Balaban J connectivity index is 1.74. The molecule has 1 amide bonds. The second kappa shape index (κ2) is 7.09. The smallest absolute Gasteiger partial charge is 0.254 e. The largest absolute Gasteiger partial charge is 0.325 e. The van der Waals surface area contributed by atoms with E-state index in [4.69, 9.17) is 0 Å². The van der Waals surface area contributed by atoms with Crippen molar-refractivity contribution in [1.82, 2.24) is 9.55 Å². The van der Waals surface area contributed by atoms with Crippen LogP contribution >= 0.6 is 0 Å². The Morgan fingerprint density at radius 2 is 1.92 bits per heavy atom. The summed E-state index contributed by atoms with van der Waals surface area (Å²) in [5.41, 5.74) is 2.41. The number of hydrogen-bond donors (Lipinski definition) is 1. The molecule has 0 radical (unpaired) electrons. The van der Waals surface area contributed by atoms with Crippen LogP contribution in [0.25, 0.3) is 11.3 Å². The van der Waals surface area contributed by atoms with Crippen LogP contribution < -0.4 is 10.9 Å². The SMILES string of the molecule is Cc1cccc(NC(=O)Cn2cnc(-c3ccc(F)cc3)cc2=O)c1. The summed E-state index contributed by atoms with van der Waals surface area (Å²) in [6.45, 7) is 1.79. The third-order valence-electron chi connectivity index (χ3n) is 3.64. The summed E-state index contributed by atoms with van der Waals surface area (Å²) in [5.74, 6) is -0.672. The van der Waals surface area contributed by atoms with Gasteiger partial charge in [-0.1, -0.05) is 12.1 Å². The third kappa shape index (κ3) is 4.17. The number of benzene rings is 2. The van der Waals surface area contributed by atoms with Crippen LogP contribution in [0.2, 0.25) is 0 Å². The minimum absolute atomic E-state index is 0.135. The molecule has 0 unspecified atom stereocenters. The van der Waals surface area contributed by atoms with Crippen molar-refractivity contribution in [1.29, 1.82) is 0 Å². The average molecular weight is 337 g/mol. The van der Waals surface area contributed by atoms with Crippen LogP contribution in [0.5, 0.6) is 0 Å². The van der Waals surface area contributed by atoms with Gasteiger partial charge in [-0.25, -0.2) is 9.37 Å². The number of halogens is 1. The molecule has 0 atom stereocenters. The van der Waals surface area contributed by atoms with Gasteiger partial charge in [0.2, 0.25) is 5.91 Å². The first-order valence-corrected chi connectivity index (χ1v) is 7.70. The number of hydrogen-bond acceptors (Lipinski definition) is 3. The van der Waals surface area contributed by atoms with Gasteiger partial charge in [0.05, 0.1) is 12.0 Å². The fraction of sp³-hybridized carbons (Fsp3) is 0.105. The van der Waals surface area contributed by atoms with Crippen LogP contribution in [0.3, 0.4) is 0 Å². The molecule has 0 aliphatic rings. The van der Waals surface area contributed by atoms with E-state index in [2.05, 4.69) is 10.3 Å². The molecule has 1 aromatic heterocycles. The maximum absolute atomic E-state index is 13.0. The van der Waals surface area contributed by atoms with E-state index in [1.165, 1.54) is 29.1 Å². The second-order valence-corrected chi connectivity index (χ2v) is 5.66. The van der Waals surface area contributed by atoms with Crippen LogP contribution in [0, 0.1) is 12.7 Å². The van der Waals surface area contributed by atoms with Gasteiger partial charge in [0.1, 0.15) is 12.4 Å². The third-order valence-corrected chi connectivity index (χ3v) is 3.64. The normalized spacial score (nSPS) is 10.5. The zero-order valence-corrected chi connectivity index (χ0v) is 13.6. The van der Waals surface area contributed by atoms with Gasteiger partial charge in [0.15, 0.2) is 0 Å². The Hall–Kier alpha value is -3.28. The van der Waals surface area contributed by atoms with E-state index >= 15 is 0 Å². The zero-order valence-electron chi connectivity index (χ0n) is 13.6. The molecule has 6 heteroatoms. The van der Waals surface area contributed by atoms with Crippen molar-refractivity contribution in [2.45, 2.75) is 13.5 Å². The Bertz CT molecular complexity index is 965. The maximum atomic E-state index is 13.0. The Kier molecular flexibility index (Phi) is 4.70. The topological polar surface area (TPSA) is 64.0 Å². The minimum atomic E-state index is -0.357. The molecule has 1 heterocycles. The number of aryl methyl sites for hydroxylation is 1. The van der Waals surface area contributed by atoms with Crippen molar-refractivity contribution >= 4 is 11.6 Å². The van der Waals surface area contributed by atoms with Gasteiger partial charge in [-0.2, -0.15) is 0 Å². The molecule has 1 N–H and O–H groups in total. The number of carbonyl (C=O) groups excluding carboxylic acids is 1. The molecule has 0 spiro atoms. The summed E-state index contributed by atoms with van der Waals surface area (Å²) in [6, 6.07) is 14.4. The first-order valence-electron chi connectivity index (χ1n) is 7.70. The van der Waals surface area contributed by atoms with Gasteiger partial charge in [0.25, 0.3) is 5.56 Å². The number of carbonyl (C=O) groups is 1. The van der Waals surface area contributed by atoms with Crippen LogP contribution in [0.1, 0.15) is 5.56 Å². The molecule has 25 heavy (non-hydrogen) atoms. The van der Waals surface area contributed by atoms with E-state index in [1.54, 1.807) is 18.2 Å². The summed E-state index contributed by atoms with van der Waals surface area (Å²) in [7, 11) is 0. The number of nitrogens with zero attached hydrogens (tertiary/aromatic N) is 2. The molecule has 126 valence electrons. The summed E-state index contributed by atoms with van der Waals surface area (Å²) < 4.78 is 14.2. The van der Waals surface area contributed by atoms with E-state index in [0.29, 0.717) is 16.9 Å². The molecule has 0 aliphatic carbocycles. The molecule has 3 rings (SSSR count). The predicted molar refractivity (Wildman–Crippen MR) is 93.7 cm³/mol. The van der Waals surface area contributed by atoms with E-state index in [-0.39, 0.29) is 23.8 Å². The van der Waals surface area contributed by atoms with Crippen LogP contribution in [-0.4, -0.2) is 15.5 Å². The van der Waals surface area contributed by atoms with Gasteiger partial charge >= 0.3 is 0 Å². The number of nitrogens with one attached hydrogen (secondary N) is 1. The van der Waals surface area contributed by atoms with Gasteiger partial charge < -0.3 is 5.32 Å². The molecule has 0 saturated heterocycles. The number of aromatic nitrogens is 2. The lowest BCUT2D eigenvalue weighted by molar-refractivity contribution is -0.116. The lowest BCUT2D eigenvalue weighted by atomic mass is 10.1. The van der Waals surface area contributed by atoms with E-state index in [9.17, 15) is 14.0 Å². The van der Waals surface area contributed by atoms with Crippen LogP contribution in [0.4, 0.5) is 10.1 Å². The first kappa shape index (κ1) is 16.6. The van der Waals surface area contributed by atoms with Gasteiger partial charge in [-0.15, -0.1) is 0 Å². The predicted octanol–water partition coefficient (Wildman–Crippen LogP) is 3.00. The zero-order chi connectivity index (χ0) is 17.8. The summed E-state index contributed by atoms with van der Waals surface area (Å²) in [5, 5.41) is 2.74. The molecule has 0 saturated carbocycles. The summed E-state index contributed by atoms with van der Waals surface area (Å²) >= 11 is 0. The van der Waals surface area contributed by atoms with E-state index < -0.39 is 0 Å². The highest BCUT2D eigenvalue weighted by Gasteiger charge is 2.08. The summed E-state index contributed by atoms with van der Waals surface area (Å²) in [4.78, 5) is 28.5. The standard InChI is InChI=1S/C19H16FN3O2/c1-13-3-2-4-16(9-13)22-18(24)11-23-12-21-17(10-19(23)25)14-5-7-15(20)8-6-14/h2-10,12H,11H2,1H3,(H,22,24). The molecule has 0 fully saturated rings. The van der Waals surface area contributed by atoms with E-state index in [0.717, 1.165) is 5.56 Å². The highest BCUT2D eigenvalue weighted by molar-refractivity contribution is 5.90. The molecule has 0 aliphatic heterocycles. The lowest BCUT2D eigenvalue weighted by Gasteiger charge is -2.08. The summed E-state index contributed by atoms with van der Waals surface area (Å²) in [6.07, 6.45) is 1.32. The van der Waals surface area contributed by atoms with E-state index in [1.807, 2.05) is 25.1 Å². The van der Waals surface area contributed by atoms with Gasteiger partial charge in [0, 0.05) is 17.3 Å². The van der Waals surface area contributed by atoms with Crippen molar-refractivity contribution in [3.05, 3.63) is 82.7 Å². The van der Waals surface area contributed by atoms with Crippen molar-refractivity contribution in [3.63, 3.8) is 0 Å². The fourth-order valence-corrected chi connectivity index (χ4v) is 2.40. The fourth-order valence-electron chi connectivity index (χ4n) is 2.40. The molecule has 2 aromatic carbocycles. The molecule has 0 bridgehead atoms.